The molecule has 0 fully saturated rings. The second-order valence-corrected chi connectivity index (χ2v) is 0. The van der Waals surface area contributed by atoms with E-state index in [1.807, 2.05) is 0 Å². The van der Waals surface area contributed by atoms with Gasteiger partial charge in [0.2, 0.25) is 0 Å². The summed E-state index contributed by atoms with van der Waals surface area (Å²) in [6, 6.07) is 0. The molecule has 0 aliphatic carbocycles. The molecule has 2 nitrogen and oxygen atoms in total. The Balaban J connectivity index is -0.00000000167. The van der Waals surface area contributed by atoms with Crippen LogP contribution in [-0.4, -0.2) is 5.48 Å². The SMILES string of the molecule is O.[Cs+].[H-].[O]=[W]. The monoisotopic (exact) mass is 352 g/mol. The minimum absolute atomic E-state index is 0. The van der Waals surface area contributed by atoms with Crippen molar-refractivity contribution in [2.75, 3.05) is 0 Å². The van der Waals surface area contributed by atoms with E-state index in [2.05, 4.69) is 0 Å². The van der Waals surface area contributed by atoms with E-state index in [1.54, 1.807) is 0 Å². The van der Waals surface area contributed by atoms with Gasteiger partial charge < -0.3 is 6.90 Å². The van der Waals surface area contributed by atoms with Crippen LogP contribution in [0.4, 0.5) is 0 Å². The number of hydrogen-bond acceptors (Lipinski definition) is 1. The summed E-state index contributed by atoms with van der Waals surface area (Å²) in [7, 11) is 0. The molecular weight excluding hydrogens is 349 g/mol. The van der Waals surface area contributed by atoms with Crippen LogP contribution in [0.1, 0.15) is 1.43 Å². The molecular formula is H3CsO2W. The van der Waals surface area contributed by atoms with E-state index in [1.165, 1.54) is 0 Å². The second-order valence-electron chi connectivity index (χ2n) is 0. The number of hydrogen-bond donors (Lipinski definition) is 0. The predicted molar refractivity (Wildman–Crippen MR) is 5.41 cm³/mol. The normalized spacial score (nSPS) is 1.00. The van der Waals surface area contributed by atoms with Crippen LogP contribution in [0.5, 0.6) is 0 Å². The van der Waals surface area contributed by atoms with Crippen LogP contribution in [0.15, 0.2) is 0 Å². The molecule has 0 aliphatic heterocycles. The van der Waals surface area contributed by atoms with Crippen molar-refractivity contribution in [1.82, 2.24) is 0 Å². The van der Waals surface area contributed by atoms with Crippen molar-refractivity contribution in [1.29, 1.82) is 0 Å². The van der Waals surface area contributed by atoms with Crippen molar-refractivity contribution in [2.45, 2.75) is 0 Å². The summed E-state index contributed by atoms with van der Waals surface area (Å²) in [5.74, 6) is 0. The first-order valence-corrected chi connectivity index (χ1v) is 1.36. The molecule has 0 saturated heterocycles. The molecule has 22 valence electrons. The second kappa shape index (κ2) is 17.8. The molecule has 0 spiro atoms. The van der Waals surface area contributed by atoms with E-state index in [0.29, 0.717) is 19.8 Å². The van der Waals surface area contributed by atoms with Crippen LogP contribution in [-0.2, 0) is 23.2 Å². The fraction of sp³-hybridized carbons (Fsp3) is 0. The van der Waals surface area contributed by atoms with Gasteiger partial charge in [0.05, 0.1) is 0 Å². The summed E-state index contributed by atoms with van der Waals surface area (Å²) < 4.78 is 8.33. The van der Waals surface area contributed by atoms with Gasteiger partial charge in [0.15, 0.2) is 0 Å². The first-order valence-electron chi connectivity index (χ1n) is 0.167. The van der Waals surface area contributed by atoms with Crippen molar-refractivity contribution < 1.29 is 99.0 Å². The summed E-state index contributed by atoms with van der Waals surface area (Å²) in [4.78, 5) is 0. The first kappa shape index (κ1) is 16.1. The van der Waals surface area contributed by atoms with Crippen LogP contribution < -0.4 is 68.9 Å². The van der Waals surface area contributed by atoms with Crippen molar-refractivity contribution >= 4 is 0 Å². The average molecular weight is 352 g/mol. The van der Waals surface area contributed by atoms with Gasteiger partial charge in [0.25, 0.3) is 0 Å². The van der Waals surface area contributed by atoms with Crippen LogP contribution in [0.25, 0.3) is 0 Å². The fourth-order valence-electron chi connectivity index (χ4n) is 0. The van der Waals surface area contributed by atoms with Gasteiger partial charge in [-0.05, 0) is 0 Å². The summed E-state index contributed by atoms with van der Waals surface area (Å²) >= 11 is 0.333. The molecule has 2 N–H and O–H groups in total. The first-order chi connectivity index (χ1) is 1.00. The Morgan fingerprint density at radius 3 is 1.50 bits per heavy atom. The minimum atomic E-state index is 0. The van der Waals surface area contributed by atoms with E-state index in [4.69, 9.17) is 3.40 Å². The summed E-state index contributed by atoms with van der Waals surface area (Å²) in [5, 5.41) is 0. The molecule has 0 bridgehead atoms. The summed E-state index contributed by atoms with van der Waals surface area (Å²) in [6.45, 7) is 0. The molecule has 0 heterocycles. The van der Waals surface area contributed by atoms with Crippen LogP contribution in [0.3, 0.4) is 0 Å². The molecule has 4 heteroatoms. The molecule has 0 rings (SSSR count). The molecule has 0 amide bonds. The van der Waals surface area contributed by atoms with Gasteiger partial charge in [-0.1, -0.05) is 0 Å². The van der Waals surface area contributed by atoms with E-state index in [9.17, 15) is 0 Å². The van der Waals surface area contributed by atoms with E-state index >= 15 is 0 Å². The van der Waals surface area contributed by atoms with Crippen molar-refractivity contribution in [3.05, 3.63) is 0 Å². The standard InChI is InChI=1S/Cs.H2O.O.W.H/h;1H2;;;/q+1;;;;-1. The van der Waals surface area contributed by atoms with E-state index < -0.39 is 0 Å². The number of rotatable bonds is 0. The van der Waals surface area contributed by atoms with Gasteiger partial charge in [-0.2, -0.15) is 0 Å². The van der Waals surface area contributed by atoms with E-state index in [-0.39, 0.29) is 75.8 Å². The Morgan fingerprint density at radius 1 is 1.50 bits per heavy atom. The third-order valence-electron chi connectivity index (χ3n) is 0. The van der Waals surface area contributed by atoms with E-state index in [0.717, 1.165) is 0 Å². The Labute approximate surface area is 96.1 Å². The molecule has 0 saturated carbocycles. The Morgan fingerprint density at radius 2 is 1.50 bits per heavy atom. The fourth-order valence-corrected chi connectivity index (χ4v) is 0. The zero-order valence-electron chi connectivity index (χ0n) is 3.32. The average Bonchev–Trinajstić information content (AvgIpc) is 1.00. The molecule has 0 aromatic rings. The molecule has 0 aromatic heterocycles. The molecule has 0 atom stereocenters. The van der Waals surface area contributed by atoms with Crippen LogP contribution >= 0.6 is 0 Å². The molecule has 0 aromatic carbocycles. The molecule has 4 heavy (non-hydrogen) atoms. The zero-order chi connectivity index (χ0) is 2.00. The van der Waals surface area contributed by atoms with Crippen molar-refractivity contribution in [3.63, 3.8) is 0 Å². The maximum absolute atomic E-state index is 8.33. The third kappa shape index (κ3) is 8.82. The topological polar surface area (TPSA) is 48.6 Å². The maximum atomic E-state index is 8.33. The molecule has 0 aliphatic rings. The van der Waals surface area contributed by atoms with Gasteiger partial charge >= 0.3 is 92.1 Å². The Bertz CT molecular complexity index is 9.61. The van der Waals surface area contributed by atoms with Crippen molar-refractivity contribution in [2.24, 2.45) is 0 Å². The zero-order valence-corrected chi connectivity index (χ0v) is 11.5. The van der Waals surface area contributed by atoms with Gasteiger partial charge in [-0.15, -0.1) is 0 Å². The summed E-state index contributed by atoms with van der Waals surface area (Å²) in [6.07, 6.45) is 0. The van der Waals surface area contributed by atoms with Crippen LogP contribution in [0.2, 0.25) is 0 Å². The quantitative estimate of drug-likeness (QED) is 0.441. The van der Waals surface area contributed by atoms with Gasteiger partial charge in [-0.3, -0.25) is 0 Å². The van der Waals surface area contributed by atoms with Gasteiger partial charge in [0, 0.05) is 0 Å². The third-order valence-corrected chi connectivity index (χ3v) is 0. The summed E-state index contributed by atoms with van der Waals surface area (Å²) in [5.41, 5.74) is 0. The Hall–Kier alpha value is 2.50. The molecule has 0 unspecified atom stereocenters. The van der Waals surface area contributed by atoms with Crippen molar-refractivity contribution in [3.8, 4) is 0 Å². The van der Waals surface area contributed by atoms with Gasteiger partial charge in [-0.25, -0.2) is 0 Å². The predicted octanol–water partition coefficient (Wildman–Crippen LogP) is -3.83. The molecule has 0 radical (unpaired) electrons. The van der Waals surface area contributed by atoms with Crippen LogP contribution in [0, 0.1) is 0 Å². The van der Waals surface area contributed by atoms with Gasteiger partial charge in [0.1, 0.15) is 0 Å². The Kier molecular flexibility index (Phi) is 71.5.